The van der Waals surface area contributed by atoms with Crippen molar-refractivity contribution in [3.63, 3.8) is 0 Å². The summed E-state index contributed by atoms with van der Waals surface area (Å²) in [5.74, 6) is -1.03. The summed E-state index contributed by atoms with van der Waals surface area (Å²) in [5.41, 5.74) is 0. The molecule has 0 amide bonds. The molecular formula is C33H53O9P. The van der Waals surface area contributed by atoms with E-state index in [9.17, 15) is 19.3 Å². The number of carbonyl (C=O) groups excluding carboxylic acids is 2. The number of hydrogen-bond acceptors (Lipinski definition) is 7. The maximum Gasteiger partial charge on any atom is 0.469 e. The largest absolute Gasteiger partial charge is 0.469 e. The van der Waals surface area contributed by atoms with Crippen LogP contribution in [-0.4, -0.2) is 52.3 Å². The van der Waals surface area contributed by atoms with Crippen molar-refractivity contribution in [2.45, 2.75) is 110 Å². The fourth-order valence-corrected chi connectivity index (χ4v) is 3.90. The summed E-state index contributed by atoms with van der Waals surface area (Å²) in [4.78, 5) is 42.1. The predicted octanol–water partition coefficient (Wildman–Crippen LogP) is 7.36. The molecule has 0 fully saturated rings. The Morgan fingerprint density at radius 2 is 1.40 bits per heavy atom. The molecule has 9 nitrogen and oxygen atoms in total. The van der Waals surface area contributed by atoms with Gasteiger partial charge in [0, 0.05) is 12.8 Å². The molecule has 0 saturated heterocycles. The number of hydrogen-bond donors (Lipinski definition) is 3. The molecule has 244 valence electrons. The molecule has 0 aliphatic carbocycles. The Morgan fingerprint density at radius 1 is 0.744 bits per heavy atom. The van der Waals surface area contributed by atoms with E-state index in [1.54, 1.807) is 6.08 Å². The van der Waals surface area contributed by atoms with Crippen LogP contribution in [0.15, 0.2) is 72.9 Å². The second-order valence-electron chi connectivity index (χ2n) is 9.90. The van der Waals surface area contributed by atoms with E-state index in [1.807, 2.05) is 48.6 Å². The topological polar surface area (TPSA) is 140 Å². The van der Waals surface area contributed by atoms with Crippen molar-refractivity contribution in [2.24, 2.45) is 0 Å². The second kappa shape index (κ2) is 28.2. The summed E-state index contributed by atoms with van der Waals surface area (Å²) in [6.45, 7) is 3.26. The molecule has 0 radical (unpaired) electrons. The number of allylic oxidation sites excluding steroid dienone is 10. The van der Waals surface area contributed by atoms with Crippen molar-refractivity contribution in [3.05, 3.63) is 72.9 Å². The van der Waals surface area contributed by atoms with E-state index in [4.69, 9.17) is 19.3 Å². The molecular weight excluding hydrogens is 571 g/mol. The van der Waals surface area contributed by atoms with Crippen molar-refractivity contribution in [1.82, 2.24) is 0 Å². The van der Waals surface area contributed by atoms with Gasteiger partial charge in [0.05, 0.1) is 12.7 Å². The molecule has 0 heterocycles. The van der Waals surface area contributed by atoms with Crippen molar-refractivity contribution >= 4 is 19.8 Å². The monoisotopic (exact) mass is 624 g/mol. The van der Waals surface area contributed by atoms with Gasteiger partial charge in [-0.3, -0.25) is 14.1 Å². The lowest BCUT2D eigenvalue weighted by atomic mass is 10.1. The molecule has 10 heteroatoms. The Balaban J connectivity index is 4.22. The molecule has 0 aliphatic heterocycles. The van der Waals surface area contributed by atoms with Gasteiger partial charge in [-0.15, -0.1) is 0 Å². The van der Waals surface area contributed by atoms with Crippen molar-refractivity contribution in [1.29, 1.82) is 0 Å². The molecule has 0 aromatic rings. The second-order valence-corrected chi connectivity index (χ2v) is 11.1. The number of unbranched alkanes of at least 4 members (excludes halogenated alkanes) is 4. The number of aliphatic hydroxyl groups excluding tert-OH is 1. The van der Waals surface area contributed by atoms with Gasteiger partial charge in [-0.05, 0) is 44.9 Å². The van der Waals surface area contributed by atoms with Crippen LogP contribution in [0.3, 0.4) is 0 Å². The minimum atomic E-state index is -4.77. The number of phosphoric ester groups is 1. The fraction of sp³-hybridized carbons (Fsp3) is 0.576. The lowest BCUT2D eigenvalue weighted by molar-refractivity contribution is -0.161. The molecule has 0 saturated carbocycles. The molecule has 0 rings (SSSR count). The standard InChI is InChI=1S/C33H53O9P/c1-3-5-7-17-22-26-32(35)40-28-31(29-41-43(37,38)39)42-33(36)27-23-19-16-14-12-10-8-9-11-13-15-18-21-25-30(34)24-20-6-4-2/h6,9-12,15-16,18-21,25,30-31,34H,3-5,7-8,13-14,17,22-24,26-29H2,1-2H3,(H2,37,38,39)/b11-9-,12-10-,18-15+,19-16-,20-6-,25-21+/t30?,31-/m1/s1. The zero-order valence-electron chi connectivity index (χ0n) is 25.9. The van der Waals surface area contributed by atoms with Crippen LogP contribution in [0.4, 0.5) is 0 Å². The van der Waals surface area contributed by atoms with Gasteiger partial charge in [-0.1, -0.05) is 112 Å². The maximum atomic E-state index is 12.2. The minimum Gasteiger partial charge on any atom is -0.462 e. The first kappa shape index (κ1) is 40.5. The third-order valence-corrected chi connectivity index (χ3v) is 6.32. The van der Waals surface area contributed by atoms with Crippen molar-refractivity contribution in [2.75, 3.05) is 13.2 Å². The van der Waals surface area contributed by atoms with E-state index in [0.717, 1.165) is 51.4 Å². The molecule has 0 bridgehead atoms. The maximum absolute atomic E-state index is 12.2. The highest BCUT2D eigenvalue weighted by Crippen LogP contribution is 2.35. The van der Waals surface area contributed by atoms with Crippen LogP contribution < -0.4 is 0 Å². The minimum absolute atomic E-state index is 0.0678. The van der Waals surface area contributed by atoms with Crippen LogP contribution in [0, 0.1) is 0 Å². The summed E-state index contributed by atoms with van der Waals surface area (Å²) in [5, 5.41) is 9.77. The van der Waals surface area contributed by atoms with Crippen LogP contribution in [0.25, 0.3) is 0 Å². The van der Waals surface area contributed by atoms with Gasteiger partial charge in [0.15, 0.2) is 6.10 Å². The van der Waals surface area contributed by atoms with Gasteiger partial charge in [0.2, 0.25) is 0 Å². The number of ether oxygens (including phenoxy) is 2. The normalized spacial score (nSPS) is 14.3. The average molecular weight is 625 g/mol. The zero-order chi connectivity index (χ0) is 32.0. The highest BCUT2D eigenvalue weighted by atomic mass is 31.2. The summed E-state index contributed by atoms with van der Waals surface area (Å²) in [6.07, 6.45) is 31.6. The first-order chi connectivity index (χ1) is 20.7. The quantitative estimate of drug-likeness (QED) is 0.0296. The number of carbonyl (C=O) groups is 2. The van der Waals surface area contributed by atoms with Gasteiger partial charge in [0.25, 0.3) is 0 Å². The molecule has 0 spiro atoms. The van der Waals surface area contributed by atoms with E-state index < -0.39 is 38.6 Å². The Hall–Kier alpha value is -2.55. The average Bonchev–Trinajstić information content (AvgIpc) is 2.96. The number of rotatable bonds is 26. The Morgan fingerprint density at radius 3 is 2.05 bits per heavy atom. The van der Waals surface area contributed by atoms with Crippen molar-refractivity contribution in [3.8, 4) is 0 Å². The van der Waals surface area contributed by atoms with E-state index >= 15 is 0 Å². The number of aliphatic hydroxyl groups is 1. The molecule has 2 atom stereocenters. The molecule has 0 aromatic carbocycles. The van der Waals surface area contributed by atoms with E-state index in [2.05, 4.69) is 36.6 Å². The lowest BCUT2D eigenvalue weighted by Gasteiger charge is -2.18. The van der Waals surface area contributed by atoms with Crippen LogP contribution >= 0.6 is 7.82 Å². The lowest BCUT2D eigenvalue weighted by Crippen LogP contribution is -2.29. The first-order valence-corrected chi connectivity index (χ1v) is 16.9. The SMILES string of the molecule is CC/C=C\CC(O)/C=C/C=C/C/C=C\C/C=C\C/C=C\CCC(=O)O[C@H](COC(=O)CCCCCCC)COP(=O)(O)O. The molecule has 0 aliphatic rings. The molecule has 43 heavy (non-hydrogen) atoms. The predicted molar refractivity (Wildman–Crippen MR) is 171 cm³/mol. The summed E-state index contributed by atoms with van der Waals surface area (Å²) in [7, 11) is -4.77. The summed E-state index contributed by atoms with van der Waals surface area (Å²) >= 11 is 0. The highest BCUT2D eigenvalue weighted by molar-refractivity contribution is 7.46. The van der Waals surface area contributed by atoms with E-state index in [1.165, 1.54) is 0 Å². The van der Waals surface area contributed by atoms with Gasteiger partial charge in [0.1, 0.15) is 6.61 Å². The third kappa shape index (κ3) is 30.7. The van der Waals surface area contributed by atoms with Gasteiger partial charge in [-0.2, -0.15) is 0 Å². The smallest absolute Gasteiger partial charge is 0.462 e. The Kier molecular flexibility index (Phi) is 26.6. The number of phosphoric acid groups is 1. The van der Waals surface area contributed by atoms with Crippen LogP contribution in [0.1, 0.15) is 97.3 Å². The first-order valence-electron chi connectivity index (χ1n) is 15.3. The summed E-state index contributed by atoms with van der Waals surface area (Å²) in [6, 6.07) is 0. The molecule has 0 aromatic heterocycles. The highest BCUT2D eigenvalue weighted by Gasteiger charge is 2.22. The Labute approximate surface area is 258 Å². The fourth-order valence-electron chi connectivity index (χ4n) is 3.54. The third-order valence-electron chi connectivity index (χ3n) is 5.83. The van der Waals surface area contributed by atoms with Gasteiger partial charge < -0.3 is 24.4 Å². The van der Waals surface area contributed by atoms with Crippen molar-refractivity contribution < 1.29 is 43.0 Å². The molecule has 3 N–H and O–H groups in total. The van der Waals surface area contributed by atoms with Crippen LogP contribution in [0.5, 0.6) is 0 Å². The Bertz CT molecular complexity index is 944. The molecule has 1 unspecified atom stereocenters. The van der Waals surface area contributed by atoms with Gasteiger partial charge >= 0.3 is 19.8 Å². The van der Waals surface area contributed by atoms with E-state index in [-0.39, 0.29) is 19.4 Å². The van der Waals surface area contributed by atoms with Gasteiger partial charge in [-0.25, -0.2) is 4.57 Å². The van der Waals surface area contributed by atoms with Crippen LogP contribution in [-0.2, 0) is 28.2 Å². The summed E-state index contributed by atoms with van der Waals surface area (Å²) < 4.78 is 25.9. The van der Waals surface area contributed by atoms with Crippen LogP contribution in [0.2, 0.25) is 0 Å². The zero-order valence-corrected chi connectivity index (χ0v) is 26.8. The number of esters is 2. The van der Waals surface area contributed by atoms with E-state index in [0.29, 0.717) is 19.3 Å².